The molecule has 3 aromatic rings. The number of aromatic nitrogens is 1. The Morgan fingerprint density at radius 1 is 1.04 bits per heavy atom. The van der Waals surface area contributed by atoms with Crippen LogP contribution >= 0.6 is 0 Å². The number of fused-ring (bicyclic) bond motifs is 2. The molecule has 0 saturated heterocycles. The van der Waals surface area contributed by atoms with Crippen molar-refractivity contribution in [3.8, 4) is 11.5 Å². The lowest BCUT2D eigenvalue weighted by molar-refractivity contribution is 0.102. The quantitative estimate of drug-likeness (QED) is 0.737. The van der Waals surface area contributed by atoms with Crippen molar-refractivity contribution in [2.75, 3.05) is 18.5 Å². The minimum atomic E-state index is -0.178. The Bertz CT molecular complexity index is 959. The van der Waals surface area contributed by atoms with Gasteiger partial charge in [0, 0.05) is 29.1 Å². The fraction of sp³-hybridized carbons (Fsp3) is 0.250. The van der Waals surface area contributed by atoms with Gasteiger partial charge in [0.15, 0.2) is 11.5 Å². The molecule has 5 nitrogen and oxygen atoms in total. The second-order valence-corrected chi connectivity index (χ2v) is 6.39. The normalized spacial score (nSPS) is 13.5. The number of benzene rings is 2. The lowest BCUT2D eigenvalue weighted by atomic mass is 10.1. The predicted molar refractivity (Wildman–Crippen MR) is 97.8 cm³/mol. The largest absolute Gasteiger partial charge is 0.490 e. The van der Waals surface area contributed by atoms with Gasteiger partial charge < -0.3 is 19.8 Å². The van der Waals surface area contributed by atoms with E-state index in [1.807, 2.05) is 31.2 Å². The molecule has 128 valence electrons. The number of nitrogens with one attached hydrogen (secondary N) is 2. The number of H-pyrrole nitrogens is 1. The Kier molecular flexibility index (Phi) is 3.84. The standard InChI is InChI=1S/C20H20N2O3/c1-12-8-13(2)15-11-17(22-16(15)9-12)20(23)21-14-4-5-18-19(10-14)25-7-3-6-24-18/h4-5,8-11,22H,3,6-7H2,1-2H3,(H,21,23). The zero-order valence-corrected chi connectivity index (χ0v) is 14.3. The molecule has 1 aromatic heterocycles. The van der Waals surface area contributed by atoms with E-state index in [-0.39, 0.29) is 5.91 Å². The number of anilines is 1. The van der Waals surface area contributed by atoms with E-state index in [1.165, 1.54) is 5.56 Å². The Morgan fingerprint density at radius 2 is 1.84 bits per heavy atom. The summed E-state index contributed by atoms with van der Waals surface area (Å²) in [5.74, 6) is 1.20. The molecule has 0 radical (unpaired) electrons. The average molecular weight is 336 g/mol. The topological polar surface area (TPSA) is 63.4 Å². The van der Waals surface area contributed by atoms with Gasteiger partial charge >= 0.3 is 0 Å². The van der Waals surface area contributed by atoms with Crippen LogP contribution in [0.1, 0.15) is 28.0 Å². The number of carbonyl (C=O) groups is 1. The minimum absolute atomic E-state index is 0.178. The SMILES string of the molecule is Cc1cc(C)c2cc(C(=O)Nc3ccc4c(c3)OCCCO4)[nH]c2c1. The van der Waals surface area contributed by atoms with Crippen LogP contribution in [-0.2, 0) is 0 Å². The van der Waals surface area contributed by atoms with Gasteiger partial charge in [-0.15, -0.1) is 0 Å². The fourth-order valence-corrected chi connectivity index (χ4v) is 3.16. The number of aromatic amines is 1. The molecule has 4 rings (SSSR count). The van der Waals surface area contributed by atoms with E-state index in [0.717, 1.165) is 22.9 Å². The highest BCUT2D eigenvalue weighted by atomic mass is 16.5. The molecule has 0 spiro atoms. The van der Waals surface area contributed by atoms with Crippen molar-refractivity contribution in [3.63, 3.8) is 0 Å². The predicted octanol–water partition coefficient (Wildman–Crippen LogP) is 4.20. The number of amides is 1. The van der Waals surface area contributed by atoms with Crippen LogP contribution in [0.15, 0.2) is 36.4 Å². The van der Waals surface area contributed by atoms with Gasteiger partial charge in [-0.25, -0.2) is 0 Å². The van der Waals surface area contributed by atoms with Crippen LogP contribution in [0.5, 0.6) is 11.5 Å². The number of carbonyl (C=O) groups excluding carboxylic acids is 1. The molecule has 0 saturated carbocycles. The zero-order chi connectivity index (χ0) is 17.4. The van der Waals surface area contributed by atoms with Crippen LogP contribution in [0.2, 0.25) is 0 Å². The molecule has 1 aliphatic rings. The van der Waals surface area contributed by atoms with Crippen LogP contribution in [0.25, 0.3) is 10.9 Å². The van der Waals surface area contributed by atoms with E-state index >= 15 is 0 Å². The summed E-state index contributed by atoms with van der Waals surface area (Å²) in [4.78, 5) is 15.8. The van der Waals surface area contributed by atoms with E-state index in [2.05, 4.69) is 23.3 Å². The lowest BCUT2D eigenvalue weighted by Gasteiger charge is -2.10. The monoisotopic (exact) mass is 336 g/mol. The van der Waals surface area contributed by atoms with Crippen molar-refractivity contribution in [3.05, 3.63) is 53.2 Å². The van der Waals surface area contributed by atoms with Crippen molar-refractivity contribution >= 4 is 22.5 Å². The third-order valence-corrected chi connectivity index (χ3v) is 4.34. The number of hydrogen-bond donors (Lipinski definition) is 2. The third-order valence-electron chi connectivity index (χ3n) is 4.34. The first kappa shape index (κ1) is 15.6. The molecule has 2 N–H and O–H groups in total. The lowest BCUT2D eigenvalue weighted by Crippen LogP contribution is -2.12. The fourth-order valence-electron chi connectivity index (χ4n) is 3.16. The number of rotatable bonds is 2. The first-order chi connectivity index (χ1) is 12.1. The van der Waals surface area contributed by atoms with Crippen LogP contribution in [-0.4, -0.2) is 24.1 Å². The Balaban J connectivity index is 1.60. The maximum absolute atomic E-state index is 12.6. The van der Waals surface area contributed by atoms with E-state index in [4.69, 9.17) is 9.47 Å². The highest BCUT2D eigenvalue weighted by Crippen LogP contribution is 2.32. The molecular formula is C20H20N2O3. The summed E-state index contributed by atoms with van der Waals surface area (Å²) in [6.45, 7) is 5.36. The summed E-state index contributed by atoms with van der Waals surface area (Å²) in [6.07, 6.45) is 0.851. The maximum atomic E-state index is 12.6. The smallest absolute Gasteiger partial charge is 0.272 e. The minimum Gasteiger partial charge on any atom is -0.490 e. The molecule has 5 heteroatoms. The van der Waals surface area contributed by atoms with Crippen LogP contribution in [0, 0.1) is 13.8 Å². The number of ether oxygens (including phenoxy) is 2. The van der Waals surface area contributed by atoms with Crippen LogP contribution < -0.4 is 14.8 Å². The van der Waals surface area contributed by atoms with Crippen molar-refractivity contribution < 1.29 is 14.3 Å². The van der Waals surface area contributed by atoms with E-state index in [1.54, 1.807) is 6.07 Å². The third kappa shape index (κ3) is 3.05. The van der Waals surface area contributed by atoms with Crippen molar-refractivity contribution in [1.29, 1.82) is 0 Å². The zero-order valence-electron chi connectivity index (χ0n) is 14.3. The summed E-state index contributed by atoms with van der Waals surface area (Å²) in [5.41, 5.74) is 4.51. The van der Waals surface area contributed by atoms with E-state index in [9.17, 15) is 4.79 Å². The summed E-state index contributed by atoms with van der Waals surface area (Å²) < 4.78 is 11.3. The average Bonchev–Trinajstić information content (AvgIpc) is 2.87. The number of aryl methyl sites for hydroxylation is 2. The molecule has 0 fully saturated rings. The molecule has 2 heterocycles. The summed E-state index contributed by atoms with van der Waals surface area (Å²) in [6, 6.07) is 11.5. The summed E-state index contributed by atoms with van der Waals surface area (Å²) in [7, 11) is 0. The Morgan fingerprint density at radius 3 is 2.68 bits per heavy atom. The first-order valence-electron chi connectivity index (χ1n) is 8.41. The number of hydrogen-bond acceptors (Lipinski definition) is 3. The molecule has 25 heavy (non-hydrogen) atoms. The van der Waals surface area contributed by atoms with Crippen molar-refractivity contribution in [2.45, 2.75) is 20.3 Å². The van der Waals surface area contributed by atoms with Crippen LogP contribution in [0.3, 0.4) is 0 Å². The highest BCUT2D eigenvalue weighted by molar-refractivity contribution is 6.06. The van der Waals surface area contributed by atoms with Gasteiger partial charge in [-0.2, -0.15) is 0 Å². The molecule has 0 atom stereocenters. The molecule has 1 amide bonds. The van der Waals surface area contributed by atoms with Gasteiger partial charge in [0.1, 0.15) is 5.69 Å². The second-order valence-electron chi connectivity index (χ2n) is 6.39. The molecule has 2 aromatic carbocycles. The van der Waals surface area contributed by atoms with Gasteiger partial charge in [0.25, 0.3) is 5.91 Å². The van der Waals surface area contributed by atoms with Crippen LogP contribution in [0.4, 0.5) is 5.69 Å². The van der Waals surface area contributed by atoms with Gasteiger partial charge in [-0.3, -0.25) is 4.79 Å². The second kappa shape index (κ2) is 6.16. The van der Waals surface area contributed by atoms with Gasteiger partial charge in [-0.1, -0.05) is 6.07 Å². The molecule has 0 bridgehead atoms. The van der Waals surface area contributed by atoms with E-state index < -0.39 is 0 Å². The summed E-state index contributed by atoms with van der Waals surface area (Å²) >= 11 is 0. The molecule has 1 aliphatic heterocycles. The highest BCUT2D eigenvalue weighted by Gasteiger charge is 2.14. The Labute approximate surface area is 146 Å². The molecule has 0 aliphatic carbocycles. The Hall–Kier alpha value is -2.95. The van der Waals surface area contributed by atoms with Crippen molar-refractivity contribution in [2.24, 2.45) is 0 Å². The first-order valence-corrected chi connectivity index (χ1v) is 8.41. The molecular weight excluding hydrogens is 316 g/mol. The molecule has 0 unspecified atom stereocenters. The van der Waals surface area contributed by atoms with E-state index in [0.29, 0.717) is 36.1 Å². The van der Waals surface area contributed by atoms with Crippen molar-refractivity contribution in [1.82, 2.24) is 4.98 Å². The van der Waals surface area contributed by atoms with Gasteiger partial charge in [0.05, 0.1) is 13.2 Å². The van der Waals surface area contributed by atoms with Gasteiger partial charge in [-0.05, 0) is 49.2 Å². The maximum Gasteiger partial charge on any atom is 0.272 e. The summed E-state index contributed by atoms with van der Waals surface area (Å²) in [5, 5.41) is 3.98. The van der Waals surface area contributed by atoms with Gasteiger partial charge in [0.2, 0.25) is 0 Å².